The summed E-state index contributed by atoms with van der Waals surface area (Å²) >= 11 is 1.38. The lowest BCUT2D eigenvalue weighted by atomic mass is 10.2. The molecule has 6 heteroatoms. The van der Waals surface area contributed by atoms with Crippen molar-refractivity contribution in [2.24, 2.45) is 0 Å². The van der Waals surface area contributed by atoms with Gasteiger partial charge in [-0.25, -0.2) is 4.98 Å². The van der Waals surface area contributed by atoms with Crippen molar-refractivity contribution in [3.05, 3.63) is 48.2 Å². The number of amides is 2. The zero-order valence-electron chi connectivity index (χ0n) is 15.1. The van der Waals surface area contributed by atoms with Gasteiger partial charge in [0.1, 0.15) is 5.03 Å². The normalized spacial score (nSPS) is 16.3. The van der Waals surface area contributed by atoms with E-state index in [0.29, 0.717) is 6.54 Å². The van der Waals surface area contributed by atoms with Crippen LogP contribution in [0.5, 0.6) is 0 Å². The van der Waals surface area contributed by atoms with Crippen LogP contribution in [0.3, 0.4) is 0 Å². The van der Waals surface area contributed by atoms with E-state index in [1.807, 2.05) is 43.3 Å². The number of hydrogen-bond donors (Lipinski definition) is 1. The van der Waals surface area contributed by atoms with E-state index in [2.05, 4.69) is 17.2 Å². The number of nitrogens with one attached hydrogen (secondary N) is 1. The predicted molar refractivity (Wildman–Crippen MR) is 106 cm³/mol. The molecule has 2 amide bonds. The second-order valence-electron chi connectivity index (χ2n) is 6.40. The van der Waals surface area contributed by atoms with Crippen LogP contribution in [0.15, 0.2) is 47.6 Å². The average molecular weight is 369 g/mol. The molecule has 0 saturated carbocycles. The van der Waals surface area contributed by atoms with Crippen molar-refractivity contribution in [3.8, 4) is 0 Å². The van der Waals surface area contributed by atoms with E-state index in [4.69, 9.17) is 0 Å². The highest BCUT2D eigenvalue weighted by molar-refractivity contribution is 8.00. The zero-order chi connectivity index (χ0) is 18.5. The summed E-state index contributed by atoms with van der Waals surface area (Å²) in [5.74, 6) is -0.167. The predicted octanol–water partition coefficient (Wildman–Crippen LogP) is 4.03. The molecular formula is C20H23N3O2S. The summed E-state index contributed by atoms with van der Waals surface area (Å²) in [6.45, 7) is 4.73. The van der Waals surface area contributed by atoms with Crippen molar-refractivity contribution < 1.29 is 9.59 Å². The third-order valence-electron chi connectivity index (χ3n) is 4.25. The highest BCUT2D eigenvalue weighted by Gasteiger charge is 2.35. The van der Waals surface area contributed by atoms with Gasteiger partial charge in [-0.3, -0.25) is 9.59 Å². The number of nitrogens with zero attached hydrogens (tertiary/aromatic N) is 2. The molecule has 1 aliphatic rings. The third kappa shape index (κ3) is 4.25. The Bertz CT molecular complexity index is 809. The molecule has 0 saturated heterocycles. The van der Waals surface area contributed by atoms with Crippen LogP contribution in [0.4, 0.5) is 11.4 Å². The molecule has 2 heterocycles. The highest BCUT2D eigenvalue weighted by atomic mass is 32.2. The van der Waals surface area contributed by atoms with Crippen LogP contribution in [-0.2, 0) is 9.59 Å². The Labute approximate surface area is 158 Å². The van der Waals surface area contributed by atoms with Crippen LogP contribution < -0.4 is 10.2 Å². The number of unbranched alkanes of at least 4 members (excludes halogenated alkanes) is 1. The summed E-state index contributed by atoms with van der Waals surface area (Å²) in [4.78, 5) is 31.6. The molecule has 1 aromatic heterocycles. The van der Waals surface area contributed by atoms with Crippen molar-refractivity contribution in [2.75, 3.05) is 16.8 Å². The maximum Gasteiger partial charge on any atom is 0.241 e. The van der Waals surface area contributed by atoms with Gasteiger partial charge in [0.25, 0.3) is 0 Å². The van der Waals surface area contributed by atoms with Gasteiger partial charge in [0.05, 0.1) is 10.9 Å². The van der Waals surface area contributed by atoms with E-state index in [9.17, 15) is 9.59 Å². The minimum atomic E-state index is -0.445. The molecule has 0 fully saturated rings. The van der Waals surface area contributed by atoms with E-state index in [1.165, 1.54) is 11.8 Å². The summed E-state index contributed by atoms with van der Waals surface area (Å²) in [5.41, 5.74) is 2.69. The summed E-state index contributed by atoms with van der Waals surface area (Å²) in [6.07, 6.45) is 3.79. The number of thioether (sulfide) groups is 1. The molecule has 1 aromatic carbocycles. The van der Waals surface area contributed by atoms with E-state index in [0.717, 1.165) is 34.8 Å². The fraction of sp³-hybridized carbons (Fsp3) is 0.350. The summed E-state index contributed by atoms with van der Waals surface area (Å²) in [7, 11) is 0. The highest BCUT2D eigenvalue weighted by Crippen LogP contribution is 2.38. The maximum atomic E-state index is 12.9. The van der Waals surface area contributed by atoms with Crippen molar-refractivity contribution >= 4 is 35.0 Å². The molecule has 0 spiro atoms. The van der Waals surface area contributed by atoms with E-state index >= 15 is 0 Å². The van der Waals surface area contributed by atoms with Crippen LogP contribution in [0.2, 0.25) is 0 Å². The number of carbonyl (C=O) groups is 2. The minimum absolute atomic E-state index is 0.0108. The lowest BCUT2D eigenvalue weighted by Crippen LogP contribution is -2.43. The van der Waals surface area contributed by atoms with E-state index in [-0.39, 0.29) is 18.2 Å². The number of aromatic nitrogens is 1. The lowest BCUT2D eigenvalue weighted by Gasteiger charge is -2.32. The number of aryl methyl sites for hydroxylation is 1. The SMILES string of the molecule is CCCCN1C(=O)[C@@H](CC(=O)Nc2cccc(C)c2)Sc2ncccc21. The lowest BCUT2D eigenvalue weighted by molar-refractivity contribution is -0.122. The molecule has 2 aromatic rings. The van der Waals surface area contributed by atoms with Crippen molar-refractivity contribution in [1.29, 1.82) is 0 Å². The van der Waals surface area contributed by atoms with Crippen molar-refractivity contribution in [2.45, 2.75) is 43.4 Å². The first-order chi connectivity index (χ1) is 12.6. The molecule has 3 rings (SSSR count). The van der Waals surface area contributed by atoms with Crippen LogP contribution >= 0.6 is 11.8 Å². The fourth-order valence-corrected chi connectivity index (χ4v) is 4.09. The quantitative estimate of drug-likeness (QED) is 0.835. The van der Waals surface area contributed by atoms with Gasteiger partial charge >= 0.3 is 0 Å². The largest absolute Gasteiger partial charge is 0.326 e. The Balaban J connectivity index is 1.73. The first kappa shape index (κ1) is 18.5. The van der Waals surface area contributed by atoms with Crippen molar-refractivity contribution in [3.63, 3.8) is 0 Å². The summed E-state index contributed by atoms with van der Waals surface area (Å²) in [6, 6.07) is 11.4. The number of hydrogen-bond acceptors (Lipinski definition) is 4. The molecule has 1 atom stereocenters. The molecule has 0 unspecified atom stereocenters. The molecule has 0 bridgehead atoms. The van der Waals surface area contributed by atoms with E-state index < -0.39 is 5.25 Å². The Kier molecular flexibility index (Phi) is 5.93. The smallest absolute Gasteiger partial charge is 0.241 e. The Morgan fingerprint density at radius 1 is 1.31 bits per heavy atom. The molecule has 1 aliphatic heterocycles. The Morgan fingerprint density at radius 3 is 2.92 bits per heavy atom. The van der Waals surface area contributed by atoms with Crippen LogP contribution in [0, 0.1) is 6.92 Å². The molecular weight excluding hydrogens is 346 g/mol. The molecule has 5 nitrogen and oxygen atoms in total. The van der Waals surface area contributed by atoms with Gasteiger partial charge in [0.2, 0.25) is 11.8 Å². The number of pyridine rings is 1. The summed E-state index contributed by atoms with van der Waals surface area (Å²) < 4.78 is 0. The average Bonchev–Trinajstić information content (AvgIpc) is 2.62. The maximum absolute atomic E-state index is 12.9. The number of anilines is 2. The third-order valence-corrected chi connectivity index (χ3v) is 5.44. The molecule has 0 radical (unpaired) electrons. The first-order valence-electron chi connectivity index (χ1n) is 8.88. The van der Waals surface area contributed by atoms with Gasteiger partial charge < -0.3 is 10.2 Å². The number of benzene rings is 1. The standard InChI is InChI=1S/C20H23N3O2S/c1-3-4-11-23-16-9-6-10-21-19(16)26-17(20(23)25)13-18(24)22-15-8-5-7-14(2)12-15/h5-10,12,17H,3-4,11,13H2,1-2H3,(H,22,24)/t17-/m1/s1. The Hall–Kier alpha value is -2.34. The minimum Gasteiger partial charge on any atom is -0.326 e. The number of fused-ring (bicyclic) bond motifs is 1. The van der Waals surface area contributed by atoms with Gasteiger partial charge in [-0.05, 0) is 43.2 Å². The van der Waals surface area contributed by atoms with Gasteiger partial charge in [-0.2, -0.15) is 0 Å². The number of rotatable bonds is 6. The molecule has 136 valence electrons. The van der Waals surface area contributed by atoms with Gasteiger partial charge in [-0.1, -0.05) is 37.2 Å². The topological polar surface area (TPSA) is 62.3 Å². The molecule has 26 heavy (non-hydrogen) atoms. The molecule has 0 aliphatic carbocycles. The Morgan fingerprint density at radius 2 is 2.15 bits per heavy atom. The van der Waals surface area contributed by atoms with E-state index in [1.54, 1.807) is 11.1 Å². The molecule has 1 N–H and O–H groups in total. The van der Waals surface area contributed by atoms with Crippen LogP contribution in [0.25, 0.3) is 0 Å². The first-order valence-corrected chi connectivity index (χ1v) is 9.76. The fourth-order valence-electron chi connectivity index (χ4n) is 2.94. The number of carbonyl (C=O) groups excluding carboxylic acids is 2. The van der Waals surface area contributed by atoms with Crippen LogP contribution in [-0.4, -0.2) is 28.6 Å². The van der Waals surface area contributed by atoms with Crippen molar-refractivity contribution in [1.82, 2.24) is 4.98 Å². The van der Waals surface area contributed by atoms with Gasteiger partial charge in [-0.15, -0.1) is 0 Å². The summed E-state index contributed by atoms with van der Waals surface area (Å²) in [5, 5.41) is 3.26. The zero-order valence-corrected chi connectivity index (χ0v) is 15.9. The second kappa shape index (κ2) is 8.36. The van der Waals surface area contributed by atoms with Gasteiger partial charge in [0, 0.05) is 24.8 Å². The monoisotopic (exact) mass is 369 g/mol. The van der Waals surface area contributed by atoms with Gasteiger partial charge in [0.15, 0.2) is 0 Å². The second-order valence-corrected chi connectivity index (χ2v) is 7.59. The van der Waals surface area contributed by atoms with Crippen LogP contribution in [0.1, 0.15) is 31.7 Å².